The van der Waals surface area contributed by atoms with Crippen LogP contribution in [0.5, 0.6) is 5.75 Å². The van der Waals surface area contributed by atoms with Crippen molar-refractivity contribution in [1.29, 1.82) is 0 Å². The Morgan fingerprint density at radius 3 is 2.67 bits per heavy atom. The molecule has 1 rings (SSSR count). The molecule has 0 spiro atoms. The average Bonchev–Trinajstić information content (AvgIpc) is 2.34. The molecule has 0 aliphatic heterocycles. The van der Waals surface area contributed by atoms with Crippen LogP contribution in [0.25, 0.3) is 0 Å². The number of nitrogens with two attached hydrogens (primary N) is 1. The molecule has 0 saturated carbocycles. The Morgan fingerprint density at radius 1 is 1.28 bits per heavy atom. The zero-order valence-electron chi connectivity index (χ0n) is 11.8. The fraction of sp³-hybridized carbons (Fsp3) is 0.600. The first-order valence-corrected chi connectivity index (χ1v) is 6.84. The Bertz CT molecular complexity index is 339. The topological polar surface area (TPSA) is 47.3 Å². The second-order valence-electron chi connectivity index (χ2n) is 5.12. The van der Waals surface area contributed by atoms with Crippen molar-refractivity contribution < 1.29 is 4.74 Å². The van der Waals surface area contributed by atoms with Crippen LogP contribution in [0.3, 0.4) is 0 Å². The number of para-hydroxylation sites is 2. The molecule has 0 bridgehead atoms. The van der Waals surface area contributed by atoms with Crippen molar-refractivity contribution in [2.24, 2.45) is 11.7 Å². The molecule has 1 unspecified atom stereocenters. The van der Waals surface area contributed by atoms with Gasteiger partial charge in [0, 0.05) is 12.6 Å². The molecule has 0 saturated heterocycles. The normalized spacial score (nSPS) is 12.5. The zero-order valence-corrected chi connectivity index (χ0v) is 11.8. The van der Waals surface area contributed by atoms with E-state index in [0.29, 0.717) is 5.92 Å². The van der Waals surface area contributed by atoms with Gasteiger partial charge in [-0.15, -0.1) is 0 Å². The number of hydrogen-bond acceptors (Lipinski definition) is 3. The van der Waals surface area contributed by atoms with Gasteiger partial charge >= 0.3 is 0 Å². The summed E-state index contributed by atoms with van der Waals surface area (Å²) < 4.78 is 5.70. The first-order valence-electron chi connectivity index (χ1n) is 6.84. The largest absolute Gasteiger partial charge is 0.491 e. The molecule has 0 aromatic heterocycles. The smallest absolute Gasteiger partial charge is 0.142 e. The maximum absolute atomic E-state index is 6.07. The summed E-state index contributed by atoms with van der Waals surface area (Å²) >= 11 is 0. The lowest BCUT2D eigenvalue weighted by Crippen LogP contribution is -2.30. The zero-order chi connectivity index (χ0) is 13.4. The van der Waals surface area contributed by atoms with Gasteiger partial charge in [0.2, 0.25) is 0 Å². The lowest BCUT2D eigenvalue weighted by Gasteiger charge is -2.17. The number of rotatable bonds is 8. The minimum atomic E-state index is 0.184. The van der Waals surface area contributed by atoms with Crippen LogP contribution < -0.4 is 15.8 Å². The number of hydrogen-bond donors (Lipinski definition) is 2. The number of anilines is 1. The molecule has 0 heterocycles. The molecule has 0 amide bonds. The Labute approximate surface area is 111 Å². The monoisotopic (exact) mass is 250 g/mol. The van der Waals surface area contributed by atoms with Crippen molar-refractivity contribution in [3.05, 3.63) is 24.3 Å². The molecule has 0 fully saturated rings. The van der Waals surface area contributed by atoms with Crippen LogP contribution >= 0.6 is 0 Å². The van der Waals surface area contributed by atoms with Crippen molar-refractivity contribution in [1.82, 2.24) is 0 Å². The van der Waals surface area contributed by atoms with Crippen molar-refractivity contribution >= 4 is 5.69 Å². The molecule has 3 heteroatoms. The minimum absolute atomic E-state index is 0.184. The van der Waals surface area contributed by atoms with E-state index in [1.54, 1.807) is 0 Å². The van der Waals surface area contributed by atoms with Gasteiger partial charge in [0.1, 0.15) is 5.75 Å². The molecule has 102 valence electrons. The number of nitrogens with one attached hydrogen (secondary N) is 1. The van der Waals surface area contributed by atoms with Gasteiger partial charge in [0.15, 0.2) is 0 Å². The molecule has 0 aliphatic carbocycles. The second kappa shape index (κ2) is 7.98. The van der Waals surface area contributed by atoms with E-state index >= 15 is 0 Å². The first kappa shape index (κ1) is 14.8. The molecule has 1 atom stereocenters. The predicted octanol–water partition coefficient (Wildman–Crippen LogP) is 3.26. The third kappa shape index (κ3) is 5.41. The fourth-order valence-electron chi connectivity index (χ4n) is 1.88. The summed E-state index contributed by atoms with van der Waals surface area (Å²) in [5.74, 6) is 1.55. The summed E-state index contributed by atoms with van der Waals surface area (Å²) in [6.07, 6.45) is 2.05. The van der Waals surface area contributed by atoms with E-state index in [9.17, 15) is 0 Å². The van der Waals surface area contributed by atoms with Crippen molar-refractivity contribution in [2.75, 3.05) is 18.5 Å². The average molecular weight is 250 g/mol. The summed E-state index contributed by atoms with van der Waals surface area (Å²) in [5.41, 5.74) is 7.10. The first-order chi connectivity index (χ1) is 8.63. The van der Waals surface area contributed by atoms with Crippen LogP contribution in [-0.4, -0.2) is 19.2 Å². The highest BCUT2D eigenvalue weighted by Gasteiger charge is 2.07. The van der Waals surface area contributed by atoms with E-state index < -0.39 is 0 Å². The van der Waals surface area contributed by atoms with Crippen LogP contribution in [0.4, 0.5) is 5.69 Å². The third-order valence-electron chi connectivity index (χ3n) is 2.68. The maximum Gasteiger partial charge on any atom is 0.142 e. The van der Waals surface area contributed by atoms with Gasteiger partial charge in [-0.3, -0.25) is 0 Å². The standard InChI is InChI=1S/C15H26N2O/c1-4-9-18-15-8-6-5-7-14(15)17-11-13(16)10-12(2)3/h5-8,12-13,17H,4,9-11,16H2,1-3H3. The van der Waals surface area contributed by atoms with E-state index in [1.807, 2.05) is 24.3 Å². The predicted molar refractivity (Wildman–Crippen MR) is 78.1 cm³/mol. The Kier molecular flexibility index (Phi) is 6.58. The Balaban J connectivity index is 2.50. The molecule has 1 aromatic rings. The summed E-state index contributed by atoms with van der Waals surface area (Å²) in [5, 5.41) is 3.38. The highest BCUT2D eigenvalue weighted by Crippen LogP contribution is 2.23. The van der Waals surface area contributed by atoms with Gasteiger partial charge in [-0.05, 0) is 30.9 Å². The molecule has 18 heavy (non-hydrogen) atoms. The maximum atomic E-state index is 6.07. The number of ether oxygens (including phenoxy) is 1. The lowest BCUT2D eigenvalue weighted by molar-refractivity contribution is 0.318. The van der Waals surface area contributed by atoms with E-state index in [1.165, 1.54) is 0 Å². The van der Waals surface area contributed by atoms with Crippen molar-refractivity contribution in [3.63, 3.8) is 0 Å². The Morgan fingerprint density at radius 2 is 2.00 bits per heavy atom. The van der Waals surface area contributed by atoms with Crippen LogP contribution in [0.1, 0.15) is 33.6 Å². The molecule has 0 aliphatic rings. The second-order valence-corrected chi connectivity index (χ2v) is 5.12. The number of benzene rings is 1. The summed E-state index contributed by atoms with van der Waals surface area (Å²) in [7, 11) is 0. The van der Waals surface area contributed by atoms with Gasteiger partial charge in [-0.2, -0.15) is 0 Å². The summed E-state index contributed by atoms with van der Waals surface area (Å²) in [4.78, 5) is 0. The van der Waals surface area contributed by atoms with Crippen LogP contribution in [-0.2, 0) is 0 Å². The fourth-order valence-corrected chi connectivity index (χ4v) is 1.88. The lowest BCUT2D eigenvalue weighted by atomic mass is 10.0. The van der Waals surface area contributed by atoms with Crippen LogP contribution in [0.2, 0.25) is 0 Å². The van der Waals surface area contributed by atoms with E-state index in [4.69, 9.17) is 10.5 Å². The van der Waals surface area contributed by atoms with Gasteiger partial charge in [0.25, 0.3) is 0 Å². The van der Waals surface area contributed by atoms with E-state index in [0.717, 1.165) is 37.4 Å². The molecule has 3 N–H and O–H groups in total. The van der Waals surface area contributed by atoms with Crippen molar-refractivity contribution in [2.45, 2.75) is 39.7 Å². The minimum Gasteiger partial charge on any atom is -0.491 e. The summed E-state index contributed by atoms with van der Waals surface area (Å²) in [6, 6.07) is 8.21. The van der Waals surface area contributed by atoms with E-state index in [-0.39, 0.29) is 6.04 Å². The van der Waals surface area contributed by atoms with Gasteiger partial charge in [-0.1, -0.05) is 32.9 Å². The van der Waals surface area contributed by atoms with Crippen LogP contribution in [0.15, 0.2) is 24.3 Å². The molecule has 0 radical (unpaired) electrons. The summed E-state index contributed by atoms with van der Waals surface area (Å²) in [6.45, 7) is 8.02. The van der Waals surface area contributed by atoms with Gasteiger partial charge in [-0.25, -0.2) is 0 Å². The van der Waals surface area contributed by atoms with E-state index in [2.05, 4.69) is 26.1 Å². The van der Waals surface area contributed by atoms with Crippen LogP contribution in [0, 0.1) is 5.92 Å². The highest BCUT2D eigenvalue weighted by molar-refractivity contribution is 5.56. The Hall–Kier alpha value is -1.22. The molecule has 1 aromatic carbocycles. The molecule has 3 nitrogen and oxygen atoms in total. The molecular formula is C15H26N2O. The quantitative estimate of drug-likeness (QED) is 0.744. The highest BCUT2D eigenvalue weighted by atomic mass is 16.5. The van der Waals surface area contributed by atoms with Crippen molar-refractivity contribution in [3.8, 4) is 5.75 Å². The van der Waals surface area contributed by atoms with Gasteiger partial charge < -0.3 is 15.8 Å². The van der Waals surface area contributed by atoms with Gasteiger partial charge in [0.05, 0.1) is 12.3 Å². The third-order valence-corrected chi connectivity index (χ3v) is 2.68. The molecular weight excluding hydrogens is 224 g/mol. The SMILES string of the molecule is CCCOc1ccccc1NCC(N)CC(C)C.